The molecule has 20 rings (SSSR count). The molecule has 0 saturated heterocycles. The molecule has 0 bridgehead atoms. The van der Waals surface area contributed by atoms with Gasteiger partial charge < -0.3 is 37.9 Å². The van der Waals surface area contributed by atoms with E-state index in [-0.39, 0.29) is 12.1 Å². The van der Waals surface area contributed by atoms with Crippen molar-refractivity contribution in [2.24, 2.45) is 0 Å². The van der Waals surface area contributed by atoms with E-state index in [1.54, 1.807) is 0 Å². The van der Waals surface area contributed by atoms with Gasteiger partial charge in [0.25, 0.3) is 0 Å². The van der Waals surface area contributed by atoms with Crippen molar-refractivity contribution < 1.29 is 18.3 Å². The molecule has 0 amide bonds. The van der Waals surface area contributed by atoms with Crippen molar-refractivity contribution in [1.82, 2.24) is 0 Å². The summed E-state index contributed by atoms with van der Waals surface area (Å²) in [7, 11) is 0. The van der Waals surface area contributed by atoms with Crippen molar-refractivity contribution in [2.45, 2.75) is 120 Å². The molecule has 8 nitrogen and oxygen atoms in total. The lowest BCUT2D eigenvalue weighted by Crippen LogP contribution is -2.37. The number of pyridine rings is 4. The quantitative estimate of drug-likeness (QED) is 0.0900. The molecule has 12 aromatic carbocycles. The lowest BCUT2D eigenvalue weighted by Gasteiger charge is -2.27. The fourth-order valence-electron chi connectivity index (χ4n) is 18.3. The molecule has 0 spiro atoms. The summed E-state index contributed by atoms with van der Waals surface area (Å²) in [5.41, 5.74) is 36.1. The molecule has 4 aromatic heterocycles. The van der Waals surface area contributed by atoms with Crippen LogP contribution in [0.25, 0.3) is 66.6 Å². The summed E-state index contributed by atoms with van der Waals surface area (Å²) in [5.74, 6) is 1.04. The summed E-state index contributed by atoms with van der Waals surface area (Å²) in [5, 5.41) is 5.10. The smallest absolute Gasteiger partial charge is 0.145 e. The van der Waals surface area contributed by atoms with Crippen LogP contribution in [-0.2, 0) is 13.1 Å². The Bertz CT molecular complexity index is 6290. The van der Waals surface area contributed by atoms with Gasteiger partial charge >= 0.3 is 0 Å². The Labute approximate surface area is 698 Å². The van der Waals surface area contributed by atoms with Crippen molar-refractivity contribution in [2.75, 3.05) is 19.6 Å². The van der Waals surface area contributed by atoms with Crippen LogP contribution in [0, 0.1) is 82.1 Å². The Balaban J connectivity index is 0.000000114. The second kappa shape index (κ2) is 33.3. The third kappa shape index (κ3) is 15.3. The minimum absolute atomic E-state index is 0.107. The fourth-order valence-corrected chi connectivity index (χ4v) is 18.3. The highest BCUT2D eigenvalue weighted by molar-refractivity contribution is 5.96. The molecule has 4 aliphatic rings. The minimum Gasteiger partial charge on any atom is -0.348 e. The topological polar surface area (TPSA) is 28.5 Å². The van der Waals surface area contributed by atoms with Crippen molar-refractivity contribution in [1.29, 1.82) is 0 Å². The van der Waals surface area contributed by atoms with Gasteiger partial charge in [-0.15, -0.1) is 0 Å². The normalized spacial score (nSPS) is 14.1. The van der Waals surface area contributed by atoms with Gasteiger partial charge in [0.2, 0.25) is 0 Å². The second-order valence-corrected chi connectivity index (χ2v) is 32.8. The largest absolute Gasteiger partial charge is 0.348 e. The predicted molar refractivity (Wildman–Crippen MR) is 488 cm³/mol. The van der Waals surface area contributed by atoms with Crippen LogP contribution in [-0.4, -0.2) is 0 Å². The molecule has 0 aliphatic carbocycles. The Morgan fingerprint density at radius 1 is 0.288 bits per heavy atom. The lowest BCUT2D eigenvalue weighted by atomic mass is 9.96. The molecule has 0 saturated carbocycles. The SMILES string of the molecule is Cc1cc(C)c(N2[CH-][n+]3c(cccc3-c3cccc4ccccc34)C2)c(C)c1.Cc1cc(C)c(N2[CH-][n+]3c(cccc3-c3ccccc3)C2)c(C)c1.Cc1ccccc1C1c2cccc(-c3cccc4ccccc34)[n+]2[CH-]N1c1ccc(C(C)C)cc1.Cc1ccccc1C1c2cccc(-c3ccccc3)[n+]2[CH-]N1c1ccc(C(C)C)cc1. The third-order valence-corrected chi connectivity index (χ3v) is 23.9. The first kappa shape index (κ1) is 77.0. The van der Waals surface area contributed by atoms with Gasteiger partial charge in [-0.1, -0.05) is 318 Å². The van der Waals surface area contributed by atoms with Crippen LogP contribution in [0.5, 0.6) is 0 Å². The second-order valence-electron chi connectivity index (χ2n) is 32.8. The summed E-state index contributed by atoms with van der Waals surface area (Å²) in [6.45, 7) is 37.4. The number of hydrogen-bond donors (Lipinski definition) is 0. The number of benzene rings is 12. The summed E-state index contributed by atoms with van der Waals surface area (Å²) < 4.78 is 9.40. The maximum absolute atomic E-state index is 2.43. The van der Waals surface area contributed by atoms with E-state index in [1.807, 2.05) is 0 Å². The van der Waals surface area contributed by atoms with Gasteiger partial charge in [-0.3, -0.25) is 0 Å². The van der Waals surface area contributed by atoms with E-state index in [0.29, 0.717) is 11.8 Å². The van der Waals surface area contributed by atoms with E-state index in [1.165, 1.54) is 179 Å². The highest BCUT2D eigenvalue weighted by atomic mass is 15.4. The first-order valence-corrected chi connectivity index (χ1v) is 41.7. The average Bonchev–Trinajstić information content (AvgIpc) is 1.60. The third-order valence-electron chi connectivity index (χ3n) is 23.9. The van der Waals surface area contributed by atoms with Gasteiger partial charge in [-0.05, 0) is 227 Å². The monoisotopic (exact) mass is 1540 g/mol. The molecule has 0 fully saturated rings. The number of fused-ring (bicyclic) bond motifs is 6. The molecule has 0 N–H and O–H groups in total. The van der Waals surface area contributed by atoms with Crippen LogP contribution in [0.4, 0.5) is 22.7 Å². The van der Waals surface area contributed by atoms with Gasteiger partial charge in [0, 0.05) is 22.7 Å². The molecule has 8 heterocycles. The molecule has 584 valence electrons. The summed E-state index contributed by atoms with van der Waals surface area (Å²) >= 11 is 0. The van der Waals surface area contributed by atoms with Gasteiger partial charge in [0.05, 0.1) is 25.2 Å². The number of nitrogens with zero attached hydrogens (tertiary/aromatic N) is 8. The number of aromatic nitrogens is 4. The van der Waals surface area contributed by atoms with Crippen LogP contribution in [0.1, 0.15) is 141 Å². The molecule has 118 heavy (non-hydrogen) atoms. The first-order valence-electron chi connectivity index (χ1n) is 41.7. The molecular formula is C110H104N8. The van der Waals surface area contributed by atoms with Crippen LogP contribution in [0.2, 0.25) is 0 Å². The molecule has 2 unspecified atom stereocenters. The van der Waals surface area contributed by atoms with E-state index >= 15 is 0 Å². The average molecular weight is 1540 g/mol. The maximum Gasteiger partial charge on any atom is 0.145 e. The van der Waals surface area contributed by atoms with E-state index in [2.05, 4.69) is 487 Å². The van der Waals surface area contributed by atoms with Gasteiger partial charge in [0.1, 0.15) is 72.2 Å². The highest BCUT2D eigenvalue weighted by Gasteiger charge is 2.38. The molecule has 0 radical (unpaired) electrons. The molecule has 8 heteroatoms. The van der Waals surface area contributed by atoms with E-state index in [0.717, 1.165) is 13.1 Å². The Morgan fingerprint density at radius 3 is 1.03 bits per heavy atom. The summed E-state index contributed by atoms with van der Waals surface area (Å²) in [4.78, 5) is 9.59. The van der Waals surface area contributed by atoms with E-state index < -0.39 is 0 Å². The molecular weight excluding hydrogens is 1430 g/mol. The van der Waals surface area contributed by atoms with Crippen molar-refractivity contribution in [3.8, 4) is 45.0 Å². The maximum atomic E-state index is 2.43. The zero-order valence-electron chi connectivity index (χ0n) is 69.9. The van der Waals surface area contributed by atoms with Crippen LogP contribution in [0.3, 0.4) is 0 Å². The molecule has 4 aliphatic heterocycles. The molecule has 16 aromatic rings. The lowest BCUT2D eigenvalue weighted by molar-refractivity contribution is -0.619. The number of anilines is 4. The first-order chi connectivity index (χ1) is 57.5. The Hall–Kier alpha value is -13.6. The zero-order valence-corrected chi connectivity index (χ0v) is 69.9. The van der Waals surface area contributed by atoms with Crippen LogP contribution in [0.15, 0.2) is 340 Å². The van der Waals surface area contributed by atoms with Crippen molar-refractivity contribution >= 4 is 44.3 Å². The summed E-state index contributed by atoms with van der Waals surface area (Å²) in [6, 6.07) is 123. The Kier molecular flexibility index (Phi) is 21.8. The van der Waals surface area contributed by atoms with Crippen molar-refractivity contribution in [3.63, 3.8) is 0 Å². The fraction of sp³-hybridized carbons (Fsp3) is 0.164. The van der Waals surface area contributed by atoms with E-state index in [9.17, 15) is 0 Å². The van der Waals surface area contributed by atoms with Crippen LogP contribution < -0.4 is 37.9 Å². The van der Waals surface area contributed by atoms with Crippen LogP contribution >= 0.6 is 0 Å². The predicted octanol–water partition coefficient (Wildman–Crippen LogP) is 24.7. The van der Waals surface area contributed by atoms with Gasteiger partial charge in [0.15, 0.2) is 0 Å². The number of rotatable bonds is 12. The summed E-state index contributed by atoms with van der Waals surface area (Å²) in [6.07, 6.45) is 0. The zero-order chi connectivity index (χ0) is 81.2. The minimum atomic E-state index is 0.107. The highest BCUT2D eigenvalue weighted by Crippen LogP contribution is 2.43. The van der Waals surface area contributed by atoms with Gasteiger partial charge in [-0.2, -0.15) is 0 Å². The van der Waals surface area contributed by atoms with Gasteiger partial charge in [-0.25, -0.2) is 0 Å². The Morgan fingerprint density at radius 2 is 0.619 bits per heavy atom. The van der Waals surface area contributed by atoms with Crippen molar-refractivity contribution in [3.05, 3.63) is 456 Å². The number of aryl methyl sites for hydroxylation is 8. The standard InChI is InChI=1S/C33H30N2.C29H28N2.C26H24N2.C22H22N2/c1-23(2)25-18-20-27(21-19-25)34-22-35-31(30-15-8-12-26-11-5-7-14-29(26)30)16-9-17-32(35)33(34)28-13-6-4-10-24(28)3;1-21(2)23-16-18-25(19-17-23)30-20-31-27(24-11-5-4-6-12-24)14-9-15-28(31)29(30)26-13-8-7-10-22(26)3;1-18-14-19(2)26(20(3)15-18)27-16-22-10-7-13-25(28(22)17-27)24-12-6-9-21-8-4-5-11-23(21)24;1-16-12-17(2)22(18(3)13-16)23-14-20-10-7-11-21(24(20)15-23)19-8-5-4-6-9-19/h4-23,33H,1-3H3;4-21,29H,1-3H3;4-15,17H,16H2,1-3H3;4-13,15H,14H2,1-3H3. The van der Waals surface area contributed by atoms with E-state index in [4.69, 9.17) is 0 Å². The molecule has 2 atom stereocenters. The number of hydrogen-bond acceptors (Lipinski definition) is 4.